The highest BCUT2D eigenvalue weighted by Crippen LogP contribution is 2.42. The number of benzene rings is 2. The molecule has 1 heterocycles. The van der Waals surface area contributed by atoms with Crippen molar-refractivity contribution in [1.29, 1.82) is 0 Å². The maximum Gasteiger partial charge on any atom is 0.0349 e. The molecule has 1 aromatic heterocycles. The Balaban J connectivity index is 1.53. The molecule has 2 aliphatic carbocycles. The predicted octanol–water partition coefficient (Wildman–Crippen LogP) is 6.69. The van der Waals surface area contributed by atoms with Gasteiger partial charge in [-0.05, 0) is 46.0 Å². The van der Waals surface area contributed by atoms with E-state index in [-0.39, 0.29) is 0 Å². The first-order valence-corrected chi connectivity index (χ1v) is 9.06. The molecule has 0 N–H and O–H groups in total. The molecular formula is C23H16S. The van der Waals surface area contributed by atoms with Crippen LogP contribution in [-0.4, -0.2) is 0 Å². The maximum absolute atomic E-state index is 2.34. The lowest BCUT2D eigenvalue weighted by Gasteiger charge is -2.12. The first-order valence-electron chi connectivity index (χ1n) is 8.24. The van der Waals surface area contributed by atoms with Crippen LogP contribution >= 0.6 is 11.3 Å². The van der Waals surface area contributed by atoms with Crippen molar-refractivity contribution in [2.24, 2.45) is 0 Å². The van der Waals surface area contributed by atoms with Crippen LogP contribution in [0.3, 0.4) is 0 Å². The van der Waals surface area contributed by atoms with Crippen LogP contribution in [0.4, 0.5) is 0 Å². The first kappa shape index (κ1) is 13.8. The van der Waals surface area contributed by atoms with Crippen molar-refractivity contribution in [3.05, 3.63) is 102 Å². The van der Waals surface area contributed by atoms with E-state index < -0.39 is 0 Å². The van der Waals surface area contributed by atoms with E-state index in [1.807, 2.05) is 11.3 Å². The van der Waals surface area contributed by atoms with E-state index in [0.717, 1.165) is 0 Å². The molecule has 0 nitrogen and oxygen atoms in total. The Morgan fingerprint density at radius 3 is 2.46 bits per heavy atom. The monoisotopic (exact) mass is 324 g/mol. The molecular weight excluding hydrogens is 308 g/mol. The molecule has 0 fully saturated rings. The molecule has 2 aliphatic rings. The average Bonchev–Trinajstić information content (AvgIpc) is 3.27. The van der Waals surface area contributed by atoms with Crippen molar-refractivity contribution in [3.8, 4) is 20.9 Å². The average molecular weight is 324 g/mol. The highest BCUT2D eigenvalue weighted by atomic mass is 32.1. The van der Waals surface area contributed by atoms with Gasteiger partial charge in [0.25, 0.3) is 0 Å². The van der Waals surface area contributed by atoms with Crippen LogP contribution in [0.2, 0.25) is 0 Å². The lowest BCUT2D eigenvalue weighted by molar-refractivity contribution is 1.05. The fourth-order valence-corrected chi connectivity index (χ4v) is 4.55. The van der Waals surface area contributed by atoms with Crippen LogP contribution in [0.15, 0.2) is 90.5 Å². The van der Waals surface area contributed by atoms with Crippen LogP contribution in [0, 0.1) is 0 Å². The third kappa shape index (κ3) is 2.21. The van der Waals surface area contributed by atoms with Crippen LogP contribution in [0.1, 0.15) is 17.0 Å². The van der Waals surface area contributed by atoms with Crippen LogP contribution in [0.5, 0.6) is 0 Å². The van der Waals surface area contributed by atoms with Crippen LogP contribution < -0.4 is 0 Å². The smallest absolute Gasteiger partial charge is 0.0349 e. The minimum absolute atomic E-state index is 0.447. The summed E-state index contributed by atoms with van der Waals surface area (Å²) in [5.74, 6) is 0.447. The summed E-state index contributed by atoms with van der Waals surface area (Å²) >= 11 is 1.86. The molecule has 114 valence electrons. The molecule has 24 heavy (non-hydrogen) atoms. The molecule has 5 rings (SSSR count). The van der Waals surface area contributed by atoms with E-state index in [4.69, 9.17) is 0 Å². The third-order valence-corrected chi connectivity index (χ3v) is 5.94. The van der Waals surface area contributed by atoms with Crippen LogP contribution in [-0.2, 0) is 0 Å². The van der Waals surface area contributed by atoms with E-state index >= 15 is 0 Å². The molecule has 1 heteroatoms. The van der Waals surface area contributed by atoms with E-state index in [9.17, 15) is 0 Å². The number of hydrogen-bond acceptors (Lipinski definition) is 1. The lowest BCUT2D eigenvalue weighted by Crippen LogP contribution is -1.95. The molecule has 0 radical (unpaired) electrons. The first-order chi connectivity index (χ1) is 11.9. The summed E-state index contributed by atoms with van der Waals surface area (Å²) in [4.78, 5) is 2.65. The van der Waals surface area contributed by atoms with Gasteiger partial charge in [-0.15, -0.1) is 11.3 Å². The minimum Gasteiger partial charge on any atom is -0.135 e. The van der Waals surface area contributed by atoms with E-state index in [2.05, 4.69) is 91.0 Å². The quantitative estimate of drug-likeness (QED) is 0.492. The number of hydrogen-bond donors (Lipinski definition) is 0. The SMILES string of the molecule is C1=CC2=Cc3cc(-c4ccc(-c5ccccc5)s4)ccc3C2C=C1. The summed E-state index contributed by atoms with van der Waals surface area (Å²) in [6.45, 7) is 0. The summed E-state index contributed by atoms with van der Waals surface area (Å²) in [7, 11) is 0. The van der Waals surface area contributed by atoms with Gasteiger partial charge in [0.1, 0.15) is 0 Å². The van der Waals surface area contributed by atoms with Gasteiger partial charge in [0.05, 0.1) is 0 Å². The number of allylic oxidation sites excluding steroid dienone is 5. The number of thiophene rings is 1. The normalized spacial score (nSPS) is 17.5. The molecule has 2 aromatic carbocycles. The maximum atomic E-state index is 2.34. The highest BCUT2D eigenvalue weighted by molar-refractivity contribution is 7.18. The second kappa shape index (κ2) is 5.47. The zero-order valence-corrected chi connectivity index (χ0v) is 14.0. The molecule has 0 bridgehead atoms. The molecule has 1 unspecified atom stereocenters. The van der Waals surface area contributed by atoms with Crippen molar-refractivity contribution < 1.29 is 0 Å². The standard InChI is InChI=1S/C23H16S/c1-2-6-16(7-3-1)22-12-13-23(24-22)18-10-11-21-19(15-18)14-17-8-4-5-9-20(17)21/h1-15,20H. The Bertz CT molecular complexity index is 1000. The Hall–Kier alpha value is -2.64. The Morgan fingerprint density at radius 2 is 1.58 bits per heavy atom. The van der Waals surface area contributed by atoms with Crippen LogP contribution in [0.25, 0.3) is 27.0 Å². The summed E-state index contributed by atoms with van der Waals surface area (Å²) in [5.41, 5.74) is 6.79. The molecule has 0 saturated carbocycles. The zero-order valence-electron chi connectivity index (χ0n) is 13.1. The molecule has 1 atom stereocenters. The van der Waals surface area contributed by atoms with Gasteiger partial charge in [0.15, 0.2) is 0 Å². The molecule has 3 aromatic rings. The second-order valence-corrected chi connectivity index (χ2v) is 7.32. The molecule has 0 saturated heterocycles. The van der Waals surface area contributed by atoms with Crippen molar-refractivity contribution in [2.75, 3.05) is 0 Å². The fraction of sp³-hybridized carbons (Fsp3) is 0.0435. The Kier molecular flexibility index (Phi) is 3.14. The van der Waals surface area contributed by atoms with Gasteiger partial charge >= 0.3 is 0 Å². The van der Waals surface area contributed by atoms with E-state index in [0.29, 0.717) is 5.92 Å². The second-order valence-electron chi connectivity index (χ2n) is 6.24. The van der Waals surface area contributed by atoms with E-state index in [1.54, 1.807) is 0 Å². The molecule has 0 aliphatic heterocycles. The van der Waals surface area contributed by atoms with E-state index in [1.165, 1.54) is 37.6 Å². The Labute approximate surface area is 146 Å². The summed E-state index contributed by atoms with van der Waals surface area (Å²) in [6, 6.07) is 22.0. The van der Waals surface area contributed by atoms with Gasteiger partial charge in [0.2, 0.25) is 0 Å². The topological polar surface area (TPSA) is 0 Å². The number of fused-ring (bicyclic) bond motifs is 3. The number of rotatable bonds is 2. The molecule has 0 spiro atoms. The van der Waals surface area contributed by atoms with Crippen molar-refractivity contribution in [3.63, 3.8) is 0 Å². The van der Waals surface area contributed by atoms with Gasteiger partial charge < -0.3 is 0 Å². The lowest BCUT2D eigenvalue weighted by atomic mass is 9.92. The van der Waals surface area contributed by atoms with Gasteiger partial charge in [0, 0.05) is 15.7 Å². The summed E-state index contributed by atoms with van der Waals surface area (Å²) in [5, 5.41) is 0. The molecule has 0 amide bonds. The Morgan fingerprint density at radius 1 is 0.750 bits per heavy atom. The largest absolute Gasteiger partial charge is 0.135 e. The van der Waals surface area contributed by atoms with Crippen molar-refractivity contribution in [1.82, 2.24) is 0 Å². The predicted molar refractivity (Wildman–Crippen MR) is 104 cm³/mol. The van der Waals surface area contributed by atoms with Crippen molar-refractivity contribution >= 4 is 17.4 Å². The van der Waals surface area contributed by atoms with Gasteiger partial charge in [-0.25, -0.2) is 0 Å². The van der Waals surface area contributed by atoms with Gasteiger partial charge in [-0.3, -0.25) is 0 Å². The minimum atomic E-state index is 0.447. The fourth-order valence-electron chi connectivity index (χ4n) is 3.54. The highest BCUT2D eigenvalue weighted by Gasteiger charge is 2.23. The van der Waals surface area contributed by atoms with Gasteiger partial charge in [-0.1, -0.05) is 72.8 Å². The summed E-state index contributed by atoms with van der Waals surface area (Å²) in [6.07, 6.45) is 11.1. The third-order valence-electron chi connectivity index (χ3n) is 4.76. The van der Waals surface area contributed by atoms with Crippen molar-refractivity contribution in [2.45, 2.75) is 5.92 Å². The zero-order chi connectivity index (χ0) is 15.9. The summed E-state index contributed by atoms with van der Waals surface area (Å²) < 4.78 is 0. The van der Waals surface area contributed by atoms with Gasteiger partial charge in [-0.2, -0.15) is 0 Å².